The summed E-state index contributed by atoms with van der Waals surface area (Å²) < 4.78 is 4.99. The van der Waals surface area contributed by atoms with E-state index in [1.54, 1.807) is 0 Å². The van der Waals surface area contributed by atoms with Crippen molar-refractivity contribution in [2.45, 2.75) is 18.9 Å². The molecule has 1 rings (SSSR count). The predicted molar refractivity (Wildman–Crippen MR) is 35.7 cm³/mol. The van der Waals surface area contributed by atoms with Crippen LogP contribution in [0.1, 0.15) is 13.3 Å². The lowest BCUT2D eigenvalue weighted by molar-refractivity contribution is -0.132. The molecular formula is C7H10O3. The first-order chi connectivity index (χ1) is 4.53. The van der Waals surface area contributed by atoms with Gasteiger partial charge in [0.05, 0.1) is 12.2 Å². The first kappa shape index (κ1) is 7.28. The van der Waals surface area contributed by atoms with E-state index < -0.39 is 5.97 Å². The van der Waals surface area contributed by atoms with Crippen LogP contribution in [0.4, 0.5) is 0 Å². The van der Waals surface area contributed by atoms with Crippen molar-refractivity contribution < 1.29 is 14.6 Å². The zero-order chi connectivity index (χ0) is 7.78. The minimum absolute atomic E-state index is 0.222. The summed E-state index contributed by atoms with van der Waals surface area (Å²) in [4.78, 5) is 10.2. The van der Waals surface area contributed by atoms with Gasteiger partial charge in [-0.2, -0.15) is 0 Å². The lowest BCUT2D eigenvalue weighted by atomic mass is 10.0. The molecule has 1 fully saturated rings. The Balaban J connectivity index is 2.39. The van der Waals surface area contributed by atoms with E-state index in [2.05, 4.69) is 6.58 Å². The Labute approximate surface area is 59.3 Å². The summed E-state index contributed by atoms with van der Waals surface area (Å²) in [5.74, 6) is -0.934. The van der Waals surface area contributed by atoms with Crippen LogP contribution in [0.25, 0.3) is 0 Å². The van der Waals surface area contributed by atoms with Crippen molar-refractivity contribution in [2.75, 3.05) is 6.61 Å². The molecule has 10 heavy (non-hydrogen) atoms. The molecule has 1 aliphatic heterocycles. The largest absolute Gasteiger partial charge is 0.478 e. The van der Waals surface area contributed by atoms with E-state index in [4.69, 9.17) is 9.84 Å². The molecule has 1 atom stereocenters. The molecule has 0 bridgehead atoms. The Morgan fingerprint density at radius 3 is 2.70 bits per heavy atom. The van der Waals surface area contributed by atoms with Crippen LogP contribution in [0.15, 0.2) is 12.2 Å². The summed E-state index contributed by atoms with van der Waals surface area (Å²) in [5, 5.41) is 8.42. The quantitative estimate of drug-likeness (QED) is 0.468. The Morgan fingerprint density at radius 1 is 1.90 bits per heavy atom. The van der Waals surface area contributed by atoms with Crippen LogP contribution in [0, 0.1) is 0 Å². The highest BCUT2D eigenvalue weighted by atomic mass is 16.6. The molecule has 0 saturated carbocycles. The van der Waals surface area contributed by atoms with E-state index in [1.807, 2.05) is 6.92 Å². The van der Waals surface area contributed by atoms with Gasteiger partial charge in [-0.25, -0.2) is 4.79 Å². The summed E-state index contributed by atoms with van der Waals surface area (Å²) >= 11 is 0. The minimum atomic E-state index is -0.934. The molecule has 1 heterocycles. The first-order valence-electron chi connectivity index (χ1n) is 3.08. The highest BCUT2D eigenvalue weighted by Crippen LogP contribution is 2.32. The molecule has 0 aromatic carbocycles. The van der Waals surface area contributed by atoms with Crippen LogP contribution >= 0.6 is 0 Å². The van der Waals surface area contributed by atoms with Gasteiger partial charge in [-0.05, 0) is 6.92 Å². The van der Waals surface area contributed by atoms with Crippen LogP contribution in [-0.2, 0) is 9.53 Å². The molecule has 0 aliphatic carbocycles. The molecule has 56 valence electrons. The van der Waals surface area contributed by atoms with E-state index in [1.165, 1.54) is 0 Å². The lowest BCUT2D eigenvalue weighted by Gasteiger charge is -2.02. The molecule has 3 heteroatoms. The van der Waals surface area contributed by atoms with E-state index in [-0.39, 0.29) is 11.2 Å². The third-order valence-electron chi connectivity index (χ3n) is 1.53. The molecule has 0 radical (unpaired) electrons. The van der Waals surface area contributed by atoms with Crippen molar-refractivity contribution in [1.82, 2.24) is 0 Å². The Kier molecular flexibility index (Phi) is 1.52. The van der Waals surface area contributed by atoms with Gasteiger partial charge in [-0.15, -0.1) is 0 Å². The minimum Gasteiger partial charge on any atom is -0.478 e. The van der Waals surface area contributed by atoms with E-state index >= 15 is 0 Å². The zero-order valence-electron chi connectivity index (χ0n) is 5.89. The molecule has 3 nitrogen and oxygen atoms in total. The van der Waals surface area contributed by atoms with Gasteiger partial charge < -0.3 is 9.84 Å². The van der Waals surface area contributed by atoms with Crippen molar-refractivity contribution in [3.05, 3.63) is 12.2 Å². The van der Waals surface area contributed by atoms with Crippen LogP contribution in [0.3, 0.4) is 0 Å². The average Bonchev–Trinajstić information content (AvgIpc) is 2.47. The molecule has 0 spiro atoms. The van der Waals surface area contributed by atoms with Gasteiger partial charge in [-0.1, -0.05) is 6.58 Å². The second kappa shape index (κ2) is 2.09. The van der Waals surface area contributed by atoms with Gasteiger partial charge in [0, 0.05) is 12.0 Å². The normalized spacial score (nSPS) is 29.7. The highest BCUT2D eigenvalue weighted by molar-refractivity contribution is 5.85. The van der Waals surface area contributed by atoms with Gasteiger partial charge in [0.2, 0.25) is 0 Å². The maximum absolute atomic E-state index is 10.2. The van der Waals surface area contributed by atoms with Crippen LogP contribution in [-0.4, -0.2) is 23.3 Å². The van der Waals surface area contributed by atoms with Crippen molar-refractivity contribution in [1.29, 1.82) is 0 Å². The summed E-state index contributed by atoms with van der Waals surface area (Å²) in [7, 11) is 0. The SMILES string of the molecule is C=C(CC1(C)CO1)C(=O)O. The smallest absolute Gasteiger partial charge is 0.331 e. The zero-order valence-corrected chi connectivity index (χ0v) is 5.89. The number of carboxylic acid groups (broad SMARTS) is 1. The fourth-order valence-electron chi connectivity index (χ4n) is 0.752. The third kappa shape index (κ3) is 1.57. The van der Waals surface area contributed by atoms with Crippen LogP contribution < -0.4 is 0 Å². The van der Waals surface area contributed by atoms with Crippen molar-refractivity contribution in [3.8, 4) is 0 Å². The summed E-state index contributed by atoms with van der Waals surface area (Å²) in [6.45, 7) is 5.93. The number of epoxide rings is 1. The molecule has 1 saturated heterocycles. The fourth-order valence-corrected chi connectivity index (χ4v) is 0.752. The molecule has 1 unspecified atom stereocenters. The number of hydrogen-bond acceptors (Lipinski definition) is 2. The number of hydrogen-bond donors (Lipinski definition) is 1. The highest BCUT2D eigenvalue weighted by Gasteiger charge is 2.40. The second-order valence-electron chi connectivity index (χ2n) is 2.82. The monoisotopic (exact) mass is 142 g/mol. The predicted octanol–water partition coefficient (Wildman–Crippen LogP) is 0.806. The van der Waals surface area contributed by atoms with E-state index in [0.717, 1.165) is 0 Å². The van der Waals surface area contributed by atoms with E-state index in [9.17, 15) is 4.79 Å². The van der Waals surface area contributed by atoms with Crippen LogP contribution in [0.5, 0.6) is 0 Å². The molecule has 1 aliphatic rings. The lowest BCUT2D eigenvalue weighted by Crippen LogP contribution is -2.10. The maximum Gasteiger partial charge on any atom is 0.331 e. The van der Waals surface area contributed by atoms with E-state index in [0.29, 0.717) is 13.0 Å². The van der Waals surface area contributed by atoms with Gasteiger partial charge in [0.1, 0.15) is 0 Å². The summed E-state index contributed by atoms with van der Waals surface area (Å²) in [5.41, 5.74) is -0.00449. The Bertz CT molecular complexity index is 179. The molecule has 0 amide bonds. The number of aliphatic carboxylic acids is 1. The molecule has 0 aromatic heterocycles. The van der Waals surface area contributed by atoms with Gasteiger partial charge in [0.25, 0.3) is 0 Å². The molecule has 1 N–H and O–H groups in total. The Morgan fingerprint density at radius 2 is 2.40 bits per heavy atom. The standard InChI is InChI=1S/C7H10O3/c1-5(6(8)9)3-7(2)4-10-7/h1,3-4H2,2H3,(H,8,9). The van der Waals surface area contributed by atoms with Crippen LogP contribution in [0.2, 0.25) is 0 Å². The number of carboxylic acids is 1. The van der Waals surface area contributed by atoms with Crippen molar-refractivity contribution in [2.24, 2.45) is 0 Å². The van der Waals surface area contributed by atoms with Gasteiger partial charge in [0.15, 0.2) is 0 Å². The maximum atomic E-state index is 10.2. The number of ether oxygens (including phenoxy) is 1. The Hall–Kier alpha value is -0.830. The van der Waals surface area contributed by atoms with Gasteiger partial charge >= 0.3 is 5.97 Å². The fraction of sp³-hybridized carbons (Fsp3) is 0.571. The second-order valence-corrected chi connectivity index (χ2v) is 2.82. The van der Waals surface area contributed by atoms with Crippen molar-refractivity contribution >= 4 is 5.97 Å². The average molecular weight is 142 g/mol. The summed E-state index contributed by atoms with van der Waals surface area (Å²) in [6.07, 6.45) is 0.433. The molecular weight excluding hydrogens is 132 g/mol. The van der Waals surface area contributed by atoms with Crippen molar-refractivity contribution in [3.63, 3.8) is 0 Å². The number of carbonyl (C=O) groups is 1. The number of rotatable bonds is 3. The molecule has 0 aromatic rings. The van der Waals surface area contributed by atoms with Gasteiger partial charge in [-0.3, -0.25) is 0 Å². The first-order valence-corrected chi connectivity index (χ1v) is 3.08. The third-order valence-corrected chi connectivity index (χ3v) is 1.53. The summed E-state index contributed by atoms with van der Waals surface area (Å²) in [6, 6.07) is 0. The topological polar surface area (TPSA) is 49.8 Å².